The fraction of sp³-hybridized carbons (Fsp3) is 0.571. The summed E-state index contributed by atoms with van der Waals surface area (Å²) in [5.74, 6) is 0.348. The smallest absolute Gasteiger partial charge is 0.261 e. The van der Waals surface area contributed by atoms with E-state index in [1.807, 2.05) is 31.2 Å². The normalized spacial score (nSPS) is 20.9. The molecule has 0 saturated carbocycles. The molecule has 0 aromatic heterocycles. The molecule has 1 heterocycles. The van der Waals surface area contributed by atoms with Gasteiger partial charge in [-0.25, -0.2) is 0 Å². The first-order valence-electron chi connectivity index (χ1n) is 6.85. The average molecular weight is 317 g/mol. The zero-order valence-electron chi connectivity index (χ0n) is 11.9. The van der Waals surface area contributed by atoms with Crippen molar-refractivity contribution < 1.29 is 8.42 Å². The standard InChI is InChI=1S/C14H21ClN2O2S/c1-12-6-5-8-13(10-12)16(2)20(18,19)17-9-4-3-7-14(17)11-15/h5-6,8,10,14H,3-4,7,9,11H2,1-2H3. The summed E-state index contributed by atoms with van der Waals surface area (Å²) in [6, 6.07) is 7.40. The Bertz CT molecular complexity index is 562. The van der Waals surface area contributed by atoms with Crippen LogP contribution in [-0.4, -0.2) is 38.2 Å². The van der Waals surface area contributed by atoms with Gasteiger partial charge in [0.25, 0.3) is 0 Å². The van der Waals surface area contributed by atoms with Gasteiger partial charge in [0, 0.05) is 25.5 Å². The Kier molecular flexibility index (Phi) is 4.94. The van der Waals surface area contributed by atoms with Crippen LogP contribution >= 0.6 is 11.6 Å². The number of hydrogen-bond acceptors (Lipinski definition) is 2. The highest BCUT2D eigenvalue weighted by atomic mass is 35.5. The molecule has 0 amide bonds. The Morgan fingerprint density at radius 1 is 1.40 bits per heavy atom. The van der Waals surface area contributed by atoms with E-state index in [0.717, 1.165) is 24.8 Å². The summed E-state index contributed by atoms with van der Waals surface area (Å²) in [7, 11) is -1.91. The molecule has 0 N–H and O–H groups in total. The van der Waals surface area contributed by atoms with Crippen LogP contribution in [0.4, 0.5) is 5.69 Å². The minimum atomic E-state index is -3.51. The van der Waals surface area contributed by atoms with Crippen molar-refractivity contribution in [3.05, 3.63) is 29.8 Å². The van der Waals surface area contributed by atoms with Gasteiger partial charge in [-0.15, -0.1) is 11.6 Å². The second-order valence-corrected chi connectivity index (χ2v) is 7.45. The van der Waals surface area contributed by atoms with Crippen LogP contribution in [0.1, 0.15) is 24.8 Å². The molecular weight excluding hydrogens is 296 g/mol. The van der Waals surface area contributed by atoms with Crippen molar-refractivity contribution >= 4 is 27.5 Å². The van der Waals surface area contributed by atoms with E-state index in [4.69, 9.17) is 11.6 Å². The van der Waals surface area contributed by atoms with Gasteiger partial charge in [0.05, 0.1) is 5.69 Å². The zero-order valence-corrected chi connectivity index (χ0v) is 13.5. The molecule has 1 saturated heterocycles. The monoisotopic (exact) mass is 316 g/mol. The van der Waals surface area contributed by atoms with Gasteiger partial charge < -0.3 is 0 Å². The van der Waals surface area contributed by atoms with Gasteiger partial charge in [0.2, 0.25) is 0 Å². The second kappa shape index (κ2) is 6.33. The van der Waals surface area contributed by atoms with Crippen LogP contribution in [-0.2, 0) is 10.2 Å². The van der Waals surface area contributed by atoms with Gasteiger partial charge in [0.1, 0.15) is 0 Å². The molecule has 0 spiro atoms. The Morgan fingerprint density at radius 2 is 2.15 bits per heavy atom. The van der Waals surface area contributed by atoms with Gasteiger partial charge in [-0.1, -0.05) is 18.6 Å². The summed E-state index contributed by atoms with van der Waals surface area (Å²) in [5.41, 5.74) is 1.72. The molecule has 2 rings (SSSR count). The lowest BCUT2D eigenvalue weighted by molar-refractivity contribution is 0.271. The number of hydrogen-bond donors (Lipinski definition) is 0. The highest BCUT2D eigenvalue weighted by molar-refractivity contribution is 7.90. The first kappa shape index (κ1) is 15.6. The first-order chi connectivity index (χ1) is 9.46. The number of halogens is 1. The molecule has 1 aliphatic heterocycles. The fourth-order valence-corrected chi connectivity index (χ4v) is 4.56. The zero-order chi connectivity index (χ0) is 14.8. The average Bonchev–Trinajstić information content (AvgIpc) is 2.46. The fourth-order valence-electron chi connectivity index (χ4n) is 2.55. The highest BCUT2D eigenvalue weighted by Crippen LogP contribution is 2.26. The van der Waals surface area contributed by atoms with E-state index in [1.54, 1.807) is 11.4 Å². The molecule has 0 radical (unpaired) electrons. The molecule has 6 heteroatoms. The van der Waals surface area contributed by atoms with Crippen molar-refractivity contribution in [2.75, 3.05) is 23.8 Å². The molecule has 1 atom stereocenters. The van der Waals surface area contributed by atoms with Crippen LogP contribution < -0.4 is 4.31 Å². The summed E-state index contributed by atoms with van der Waals surface area (Å²) < 4.78 is 28.4. The quantitative estimate of drug-likeness (QED) is 0.801. The van der Waals surface area contributed by atoms with Crippen molar-refractivity contribution in [3.63, 3.8) is 0 Å². The lowest BCUT2D eigenvalue weighted by Crippen LogP contribution is -2.50. The Hall–Kier alpha value is -0.780. The topological polar surface area (TPSA) is 40.6 Å². The molecule has 1 unspecified atom stereocenters. The summed E-state index contributed by atoms with van der Waals surface area (Å²) in [5, 5.41) is 0. The van der Waals surface area contributed by atoms with E-state index in [2.05, 4.69) is 0 Å². The Labute approximate surface area is 126 Å². The minimum absolute atomic E-state index is 0.0947. The van der Waals surface area contributed by atoms with Crippen LogP contribution in [0.15, 0.2) is 24.3 Å². The van der Waals surface area contributed by atoms with Crippen LogP contribution in [0.5, 0.6) is 0 Å². The maximum atomic E-state index is 12.8. The molecule has 1 aromatic carbocycles. The second-order valence-electron chi connectivity index (χ2n) is 5.23. The van der Waals surface area contributed by atoms with Gasteiger partial charge in [-0.3, -0.25) is 4.31 Å². The van der Waals surface area contributed by atoms with Gasteiger partial charge in [0.15, 0.2) is 0 Å². The van der Waals surface area contributed by atoms with Crippen molar-refractivity contribution in [1.29, 1.82) is 0 Å². The highest BCUT2D eigenvalue weighted by Gasteiger charge is 2.34. The molecule has 0 aliphatic carbocycles. The predicted molar refractivity (Wildman–Crippen MR) is 83.6 cm³/mol. The maximum absolute atomic E-state index is 12.8. The van der Waals surface area contributed by atoms with E-state index < -0.39 is 10.2 Å². The molecule has 1 fully saturated rings. The third-order valence-corrected chi connectivity index (χ3v) is 6.09. The van der Waals surface area contributed by atoms with Gasteiger partial charge >= 0.3 is 10.2 Å². The Balaban J connectivity index is 2.29. The van der Waals surface area contributed by atoms with Crippen LogP contribution in [0, 0.1) is 6.92 Å². The molecule has 4 nitrogen and oxygen atoms in total. The third kappa shape index (κ3) is 3.10. The van der Waals surface area contributed by atoms with E-state index in [-0.39, 0.29) is 6.04 Å². The number of rotatable bonds is 4. The van der Waals surface area contributed by atoms with E-state index in [1.165, 1.54) is 4.31 Å². The van der Waals surface area contributed by atoms with Crippen molar-refractivity contribution in [2.45, 2.75) is 32.2 Å². The third-order valence-electron chi connectivity index (χ3n) is 3.76. The van der Waals surface area contributed by atoms with E-state index >= 15 is 0 Å². The SMILES string of the molecule is Cc1cccc(N(C)S(=O)(=O)N2CCCCC2CCl)c1. The van der Waals surface area contributed by atoms with Crippen LogP contribution in [0.2, 0.25) is 0 Å². The Morgan fingerprint density at radius 3 is 2.80 bits per heavy atom. The van der Waals surface area contributed by atoms with Crippen molar-refractivity contribution in [3.8, 4) is 0 Å². The first-order valence-corrected chi connectivity index (χ1v) is 8.78. The minimum Gasteiger partial charge on any atom is -0.261 e. The number of aryl methyl sites for hydroxylation is 1. The van der Waals surface area contributed by atoms with Gasteiger partial charge in [-0.2, -0.15) is 12.7 Å². The van der Waals surface area contributed by atoms with Crippen LogP contribution in [0.3, 0.4) is 0 Å². The number of anilines is 1. The summed E-state index contributed by atoms with van der Waals surface area (Å²) >= 11 is 5.93. The molecular formula is C14H21ClN2O2S. The molecule has 20 heavy (non-hydrogen) atoms. The number of piperidine rings is 1. The lowest BCUT2D eigenvalue weighted by atomic mass is 10.1. The van der Waals surface area contributed by atoms with Gasteiger partial charge in [-0.05, 0) is 37.5 Å². The molecule has 112 valence electrons. The summed E-state index contributed by atoms with van der Waals surface area (Å²) in [6.07, 6.45) is 2.77. The maximum Gasteiger partial charge on any atom is 0.304 e. The predicted octanol–water partition coefficient (Wildman–Crippen LogP) is 2.77. The van der Waals surface area contributed by atoms with E-state index in [9.17, 15) is 8.42 Å². The van der Waals surface area contributed by atoms with Crippen molar-refractivity contribution in [2.24, 2.45) is 0 Å². The van der Waals surface area contributed by atoms with Crippen LogP contribution in [0.25, 0.3) is 0 Å². The number of nitrogens with zero attached hydrogens (tertiary/aromatic N) is 2. The summed E-state index contributed by atoms with van der Waals surface area (Å²) in [4.78, 5) is 0. The molecule has 1 aromatic rings. The van der Waals surface area contributed by atoms with Crippen molar-refractivity contribution in [1.82, 2.24) is 4.31 Å². The molecule has 1 aliphatic rings. The number of alkyl halides is 1. The van der Waals surface area contributed by atoms with E-state index in [0.29, 0.717) is 18.1 Å². The summed E-state index contributed by atoms with van der Waals surface area (Å²) in [6.45, 7) is 2.50. The lowest BCUT2D eigenvalue weighted by Gasteiger charge is -2.36. The number of benzene rings is 1. The largest absolute Gasteiger partial charge is 0.304 e. The molecule has 0 bridgehead atoms.